The fraction of sp³-hybridized carbons (Fsp3) is 0.300. The third-order valence-electron chi connectivity index (χ3n) is 2.18. The van der Waals surface area contributed by atoms with Crippen molar-refractivity contribution >= 4 is 29.1 Å². The fourth-order valence-electron chi connectivity index (χ4n) is 1.40. The number of azide groups is 1. The molecule has 0 aliphatic rings. The maximum Gasteiger partial charge on any atom is 0.239 e. The summed E-state index contributed by atoms with van der Waals surface area (Å²) in [6, 6.07) is 4.03. The van der Waals surface area contributed by atoms with Gasteiger partial charge in [-0.2, -0.15) is 0 Å². The summed E-state index contributed by atoms with van der Waals surface area (Å²) in [5, 5.41) is 7.03. The van der Waals surface area contributed by atoms with Crippen LogP contribution in [0.25, 0.3) is 10.4 Å². The second-order valence-electron chi connectivity index (χ2n) is 3.41. The van der Waals surface area contributed by atoms with E-state index < -0.39 is 11.9 Å². The molecule has 0 aliphatic heterocycles. The zero-order valence-electron chi connectivity index (χ0n) is 9.31. The minimum absolute atomic E-state index is 0.214. The lowest BCUT2D eigenvalue weighted by atomic mass is 10.1. The number of halogens is 2. The average Bonchev–Trinajstić information content (AvgIpc) is 2.30. The summed E-state index contributed by atoms with van der Waals surface area (Å²) < 4.78 is 0. The molecular formula is C10H11Cl2N5O. The summed E-state index contributed by atoms with van der Waals surface area (Å²) in [6.45, 7) is 0.530. The van der Waals surface area contributed by atoms with E-state index in [0.717, 1.165) is 0 Å². The number of carbonyl (C=O) groups excluding carboxylic acids is 1. The first-order valence-electron chi connectivity index (χ1n) is 5.04. The highest BCUT2D eigenvalue weighted by Gasteiger charge is 2.19. The fourth-order valence-corrected chi connectivity index (χ4v) is 1.92. The van der Waals surface area contributed by atoms with Crippen molar-refractivity contribution < 1.29 is 4.79 Å². The molecular weight excluding hydrogens is 277 g/mol. The van der Waals surface area contributed by atoms with E-state index in [2.05, 4.69) is 15.3 Å². The van der Waals surface area contributed by atoms with Gasteiger partial charge in [-0.1, -0.05) is 34.4 Å². The molecule has 0 aromatic heterocycles. The van der Waals surface area contributed by atoms with Crippen molar-refractivity contribution in [2.24, 2.45) is 10.8 Å². The average molecular weight is 288 g/mol. The van der Waals surface area contributed by atoms with Gasteiger partial charge < -0.3 is 11.1 Å². The first-order valence-corrected chi connectivity index (χ1v) is 5.80. The number of amides is 1. The lowest BCUT2D eigenvalue weighted by Crippen LogP contribution is -2.35. The van der Waals surface area contributed by atoms with E-state index in [4.69, 9.17) is 34.5 Å². The molecule has 18 heavy (non-hydrogen) atoms. The number of benzene rings is 1. The van der Waals surface area contributed by atoms with Crippen LogP contribution in [0.3, 0.4) is 0 Å². The molecule has 0 saturated carbocycles. The first kappa shape index (κ1) is 14.6. The SMILES string of the molecule is [N-]=[N+]=NCCNC(C(N)=O)c1ccc(Cl)cc1Cl. The molecule has 0 radical (unpaired) electrons. The van der Waals surface area contributed by atoms with E-state index in [-0.39, 0.29) is 6.54 Å². The lowest BCUT2D eigenvalue weighted by molar-refractivity contribution is -0.120. The van der Waals surface area contributed by atoms with Crippen molar-refractivity contribution in [3.8, 4) is 0 Å². The van der Waals surface area contributed by atoms with Gasteiger partial charge in [0.25, 0.3) is 0 Å². The summed E-state index contributed by atoms with van der Waals surface area (Å²) in [7, 11) is 0. The topological polar surface area (TPSA) is 104 Å². The van der Waals surface area contributed by atoms with Gasteiger partial charge in [0.15, 0.2) is 0 Å². The Morgan fingerprint density at radius 1 is 1.56 bits per heavy atom. The zero-order chi connectivity index (χ0) is 13.5. The Bertz CT molecular complexity index is 487. The van der Waals surface area contributed by atoms with E-state index >= 15 is 0 Å². The number of hydrogen-bond acceptors (Lipinski definition) is 3. The number of nitrogens with zero attached hydrogens (tertiary/aromatic N) is 3. The minimum Gasteiger partial charge on any atom is -0.368 e. The normalized spacial score (nSPS) is 11.7. The highest BCUT2D eigenvalue weighted by molar-refractivity contribution is 6.35. The molecule has 1 amide bonds. The van der Waals surface area contributed by atoms with Crippen LogP contribution in [-0.2, 0) is 4.79 Å². The first-order chi connectivity index (χ1) is 8.56. The Morgan fingerprint density at radius 3 is 2.83 bits per heavy atom. The second-order valence-corrected chi connectivity index (χ2v) is 4.25. The van der Waals surface area contributed by atoms with Crippen LogP contribution >= 0.6 is 23.2 Å². The van der Waals surface area contributed by atoms with E-state index in [1.54, 1.807) is 12.1 Å². The smallest absolute Gasteiger partial charge is 0.239 e. The predicted molar refractivity (Wildman–Crippen MR) is 70.4 cm³/mol. The maximum absolute atomic E-state index is 11.4. The van der Waals surface area contributed by atoms with Crippen molar-refractivity contribution in [3.05, 3.63) is 44.3 Å². The molecule has 8 heteroatoms. The summed E-state index contributed by atoms with van der Waals surface area (Å²) in [5.74, 6) is -0.569. The third kappa shape index (κ3) is 4.09. The van der Waals surface area contributed by atoms with Crippen LogP contribution in [0.1, 0.15) is 11.6 Å². The van der Waals surface area contributed by atoms with Crippen LogP contribution < -0.4 is 11.1 Å². The van der Waals surface area contributed by atoms with E-state index in [1.165, 1.54) is 6.07 Å². The van der Waals surface area contributed by atoms with Gasteiger partial charge in [0.1, 0.15) is 6.04 Å². The zero-order valence-corrected chi connectivity index (χ0v) is 10.8. The van der Waals surface area contributed by atoms with Crippen LogP contribution in [0.4, 0.5) is 0 Å². The van der Waals surface area contributed by atoms with Gasteiger partial charge in [0, 0.05) is 28.0 Å². The Kier molecular flexibility index (Phi) is 5.74. The molecule has 1 aromatic rings. The number of nitrogens with one attached hydrogen (secondary N) is 1. The van der Waals surface area contributed by atoms with Crippen LogP contribution in [0.2, 0.25) is 10.0 Å². The van der Waals surface area contributed by atoms with Gasteiger partial charge in [-0.15, -0.1) is 0 Å². The van der Waals surface area contributed by atoms with Crippen LogP contribution in [0.15, 0.2) is 23.3 Å². The predicted octanol–water partition coefficient (Wildman–Crippen LogP) is 2.42. The van der Waals surface area contributed by atoms with Crippen LogP contribution in [-0.4, -0.2) is 19.0 Å². The van der Waals surface area contributed by atoms with Crippen molar-refractivity contribution in [1.82, 2.24) is 5.32 Å². The molecule has 6 nitrogen and oxygen atoms in total. The van der Waals surface area contributed by atoms with Gasteiger partial charge in [-0.25, -0.2) is 0 Å². The Morgan fingerprint density at radius 2 is 2.28 bits per heavy atom. The van der Waals surface area contributed by atoms with Crippen molar-refractivity contribution in [3.63, 3.8) is 0 Å². The number of carbonyl (C=O) groups is 1. The third-order valence-corrected chi connectivity index (χ3v) is 2.74. The number of nitrogens with two attached hydrogens (primary N) is 1. The molecule has 1 aromatic carbocycles. The monoisotopic (exact) mass is 287 g/mol. The quantitative estimate of drug-likeness (QED) is 0.363. The molecule has 0 saturated heterocycles. The van der Waals surface area contributed by atoms with E-state index in [9.17, 15) is 4.79 Å². The van der Waals surface area contributed by atoms with Crippen molar-refractivity contribution in [1.29, 1.82) is 0 Å². The summed E-state index contributed by atoms with van der Waals surface area (Å²) in [5.41, 5.74) is 14.0. The lowest BCUT2D eigenvalue weighted by Gasteiger charge is -2.16. The Labute approximate surface area is 114 Å². The van der Waals surface area contributed by atoms with Gasteiger partial charge in [0.2, 0.25) is 5.91 Å². The number of rotatable bonds is 6. The minimum atomic E-state index is -0.747. The second kappa shape index (κ2) is 7.08. The molecule has 1 atom stereocenters. The molecule has 0 aliphatic carbocycles. The van der Waals surface area contributed by atoms with Crippen molar-refractivity contribution in [2.75, 3.05) is 13.1 Å². The van der Waals surface area contributed by atoms with Crippen LogP contribution in [0.5, 0.6) is 0 Å². The Hall–Kier alpha value is -1.46. The molecule has 0 fully saturated rings. The van der Waals surface area contributed by atoms with Gasteiger partial charge in [-0.3, -0.25) is 4.79 Å². The number of hydrogen-bond donors (Lipinski definition) is 2. The molecule has 0 spiro atoms. The molecule has 1 rings (SSSR count). The van der Waals surface area contributed by atoms with Crippen LogP contribution in [0, 0.1) is 0 Å². The molecule has 96 valence electrons. The summed E-state index contributed by atoms with van der Waals surface area (Å²) >= 11 is 11.8. The van der Waals surface area contributed by atoms with Crippen molar-refractivity contribution in [2.45, 2.75) is 6.04 Å². The molecule has 0 heterocycles. The molecule has 0 bridgehead atoms. The summed E-state index contributed by atoms with van der Waals surface area (Å²) in [4.78, 5) is 14.0. The van der Waals surface area contributed by atoms with Gasteiger partial charge in [0.05, 0.1) is 0 Å². The molecule has 3 N–H and O–H groups in total. The van der Waals surface area contributed by atoms with Gasteiger partial charge in [-0.05, 0) is 23.2 Å². The van der Waals surface area contributed by atoms with E-state index in [1.807, 2.05) is 0 Å². The Balaban J connectivity index is 2.84. The highest BCUT2D eigenvalue weighted by Crippen LogP contribution is 2.26. The highest BCUT2D eigenvalue weighted by atomic mass is 35.5. The maximum atomic E-state index is 11.4. The number of primary amides is 1. The molecule has 1 unspecified atom stereocenters. The standard InChI is InChI=1S/C10H11Cl2N5O/c11-6-1-2-7(8(12)5-6)9(10(13)18)15-3-4-16-17-14/h1-2,5,9,15H,3-4H2,(H2,13,18). The van der Waals surface area contributed by atoms with Gasteiger partial charge >= 0.3 is 0 Å². The largest absolute Gasteiger partial charge is 0.368 e. The summed E-state index contributed by atoms with van der Waals surface area (Å²) in [6.07, 6.45) is 0. The van der Waals surface area contributed by atoms with E-state index in [0.29, 0.717) is 22.2 Å².